The summed E-state index contributed by atoms with van der Waals surface area (Å²) in [6, 6.07) is 10.1. The summed E-state index contributed by atoms with van der Waals surface area (Å²) in [6.45, 7) is 4.63. The molecule has 0 bridgehead atoms. The molecule has 0 aliphatic carbocycles. The molecule has 8 nitrogen and oxygen atoms in total. The molecule has 0 saturated heterocycles. The van der Waals surface area contributed by atoms with Gasteiger partial charge in [0.05, 0.1) is 33.6 Å². The van der Waals surface area contributed by atoms with Gasteiger partial charge in [-0.25, -0.2) is 14.8 Å². The fourth-order valence-electron chi connectivity index (χ4n) is 3.90. The van der Waals surface area contributed by atoms with E-state index in [1.54, 1.807) is 36.3 Å². The van der Waals surface area contributed by atoms with Crippen LogP contribution in [0.4, 0.5) is 16.2 Å². The molecule has 5 rings (SSSR count). The predicted octanol–water partition coefficient (Wildman–Crippen LogP) is 4.49. The molecule has 1 aliphatic heterocycles. The van der Waals surface area contributed by atoms with Crippen molar-refractivity contribution >= 4 is 55.6 Å². The number of hydrogen-bond donors (Lipinski definition) is 4. The van der Waals surface area contributed by atoms with Crippen molar-refractivity contribution in [3.63, 3.8) is 0 Å². The Morgan fingerprint density at radius 1 is 1.27 bits per heavy atom. The van der Waals surface area contributed by atoms with Crippen LogP contribution in [-0.4, -0.2) is 56.2 Å². The molecule has 1 aliphatic rings. The van der Waals surface area contributed by atoms with Crippen molar-refractivity contribution in [3.8, 4) is 0 Å². The number of aliphatic hydroxyl groups is 1. The summed E-state index contributed by atoms with van der Waals surface area (Å²) in [4.78, 5) is 26.5. The zero-order valence-electron chi connectivity index (χ0n) is 18.6. The molecular formula is C24H26N6O2S. The lowest BCUT2D eigenvalue weighted by atomic mass is 10.0. The maximum atomic E-state index is 12.5. The van der Waals surface area contributed by atoms with Crippen molar-refractivity contribution in [2.45, 2.75) is 25.8 Å². The van der Waals surface area contributed by atoms with Crippen molar-refractivity contribution < 1.29 is 9.90 Å². The molecule has 4 heterocycles. The van der Waals surface area contributed by atoms with Gasteiger partial charge >= 0.3 is 6.03 Å². The molecule has 1 aromatic carbocycles. The van der Waals surface area contributed by atoms with Crippen molar-refractivity contribution in [1.29, 1.82) is 0 Å². The van der Waals surface area contributed by atoms with Gasteiger partial charge in [0.1, 0.15) is 5.65 Å². The highest BCUT2D eigenvalue weighted by atomic mass is 32.1. The number of aromatic amines is 1. The van der Waals surface area contributed by atoms with Crippen LogP contribution in [0, 0.1) is 0 Å². The third-order valence-corrected chi connectivity index (χ3v) is 6.62. The number of pyridine rings is 1. The van der Waals surface area contributed by atoms with Gasteiger partial charge in [-0.1, -0.05) is 6.08 Å². The molecule has 4 N–H and O–H groups in total. The van der Waals surface area contributed by atoms with Crippen LogP contribution in [0.3, 0.4) is 0 Å². The number of aromatic nitrogens is 3. The number of rotatable bonds is 5. The van der Waals surface area contributed by atoms with Gasteiger partial charge in [-0.3, -0.25) is 0 Å². The quantitative estimate of drug-likeness (QED) is 0.350. The van der Waals surface area contributed by atoms with Crippen molar-refractivity contribution in [1.82, 2.24) is 25.2 Å². The number of anilines is 2. The SMILES string of the molecule is CC(C)(CO)NC(=O)N1CC=C(c2cc3c(Nc4ccc5ncsc5c4)ccnc3[nH]2)CC1. The maximum absolute atomic E-state index is 12.5. The Labute approximate surface area is 195 Å². The lowest BCUT2D eigenvalue weighted by Gasteiger charge is -2.31. The zero-order chi connectivity index (χ0) is 23.0. The van der Waals surface area contributed by atoms with E-state index in [4.69, 9.17) is 0 Å². The molecule has 0 unspecified atom stereocenters. The standard InChI is InChI=1S/C24H26N6O2S/c1-24(2,13-31)29-23(32)30-9-6-15(7-10-30)20-12-17-18(5-8-25-22(17)28-20)27-16-3-4-19-21(11-16)33-14-26-19/h3-6,8,11-12,14,31H,7,9-10,13H2,1-2H3,(H,29,32)(H2,25,27,28). The number of benzene rings is 1. The average Bonchev–Trinajstić information content (AvgIpc) is 3.46. The molecule has 0 saturated carbocycles. The van der Waals surface area contributed by atoms with E-state index in [0.717, 1.165) is 50.3 Å². The number of fused-ring (bicyclic) bond motifs is 2. The van der Waals surface area contributed by atoms with Gasteiger partial charge in [-0.05, 0) is 56.2 Å². The van der Waals surface area contributed by atoms with Gasteiger partial charge in [0, 0.05) is 36.1 Å². The summed E-state index contributed by atoms with van der Waals surface area (Å²) >= 11 is 1.62. The van der Waals surface area contributed by atoms with Crippen LogP contribution in [0.1, 0.15) is 26.0 Å². The van der Waals surface area contributed by atoms with Crippen LogP contribution in [0.25, 0.3) is 26.8 Å². The van der Waals surface area contributed by atoms with Crippen LogP contribution in [0.2, 0.25) is 0 Å². The second kappa shape index (κ2) is 8.49. The Balaban J connectivity index is 1.35. The van der Waals surface area contributed by atoms with E-state index in [0.29, 0.717) is 13.1 Å². The molecule has 9 heteroatoms. The molecule has 4 aromatic rings. The highest BCUT2D eigenvalue weighted by molar-refractivity contribution is 7.16. The molecule has 0 fully saturated rings. The third-order valence-electron chi connectivity index (χ3n) is 5.83. The van der Waals surface area contributed by atoms with Gasteiger partial charge in [0.15, 0.2) is 0 Å². The van der Waals surface area contributed by atoms with Gasteiger partial charge in [0.25, 0.3) is 0 Å². The largest absolute Gasteiger partial charge is 0.394 e. The first-order valence-corrected chi connectivity index (χ1v) is 11.8. The monoisotopic (exact) mass is 462 g/mol. The lowest BCUT2D eigenvalue weighted by molar-refractivity contribution is 0.161. The van der Waals surface area contributed by atoms with Crippen LogP contribution < -0.4 is 10.6 Å². The van der Waals surface area contributed by atoms with Crippen LogP contribution in [0.5, 0.6) is 0 Å². The summed E-state index contributed by atoms with van der Waals surface area (Å²) in [5.74, 6) is 0. The highest BCUT2D eigenvalue weighted by Gasteiger charge is 2.25. The Bertz CT molecular complexity index is 1360. The number of nitrogens with one attached hydrogen (secondary N) is 3. The fourth-order valence-corrected chi connectivity index (χ4v) is 4.62. The zero-order valence-corrected chi connectivity index (χ0v) is 19.4. The number of aliphatic hydroxyl groups excluding tert-OH is 1. The van der Waals surface area contributed by atoms with Gasteiger partial charge < -0.3 is 25.6 Å². The summed E-state index contributed by atoms with van der Waals surface area (Å²) in [5, 5.41) is 16.8. The molecule has 0 spiro atoms. The summed E-state index contributed by atoms with van der Waals surface area (Å²) in [7, 11) is 0. The van der Waals surface area contributed by atoms with E-state index in [1.165, 1.54) is 0 Å². The first-order valence-electron chi connectivity index (χ1n) is 10.9. The maximum Gasteiger partial charge on any atom is 0.318 e. The summed E-state index contributed by atoms with van der Waals surface area (Å²) in [5.41, 5.74) is 7.20. The minimum Gasteiger partial charge on any atom is -0.394 e. The second-order valence-electron chi connectivity index (χ2n) is 8.86. The molecule has 0 radical (unpaired) electrons. The Hall–Kier alpha value is -3.43. The number of thiazole rings is 1. The normalized spacial score (nSPS) is 14.5. The topological polar surface area (TPSA) is 106 Å². The Morgan fingerprint density at radius 3 is 2.94 bits per heavy atom. The van der Waals surface area contributed by atoms with Crippen LogP contribution in [-0.2, 0) is 0 Å². The first kappa shape index (κ1) is 21.4. The third kappa shape index (κ3) is 4.42. The fraction of sp³-hybridized carbons (Fsp3) is 0.292. The number of amides is 2. The van der Waals surface area contributed by atoms with E-state index in [-0.39, 0.29) is 12.6 Å². The first-order chi connectivity index (χ1) is 15.9. The van der Waals surface area contributed by atoms with E-state index in [9.17, 15) is 9.90 Å². The van der Waals surface area contributed by atoms with E-state index in [2.05, 4.69) is 43.8 Å². The van der Waals surface area contributed by atoms with Crippen LogP contribution >= 0.6 is 11.3 Å². The molecular weight excluding hydrogens is 436 g/mol. The second-order valence-corrected chi connectivity index (χ2v) is 9.75. The van der Waals surface area contributed by atoms with Gasteiger partial charge in [-0.2, -0.15) is 0 Å². The Kier molecular flexibility index (Phi) is 5.51. The summed E-state index contributed by atoms with van der Waals surface area (Å²) in [6.07, 6.45) is 4.61. The van der Waals surface area contributed by atoms with E-state index in [1.807, 2.05) is 23.7 Å². The Morgan fingerprint density at radius 2 is 2.15 bits per heavy atom. The molecule has 2 amide bonds. The summed E-state index contributed by atoms with van der Waals surface area (Å²) < 4.78 is 1.14. The number of carbonyl (C=O) groups is 1. The average molecular weight is 463 g/mol. The molecule has 33 heavy (non-hydrogen) atoms. The van der Waals surface area contributed by atoms with E-state index >= 15 is 0 Å². The van der Waals surface area contributed by atoms with Crippen LogP contribution in [0.15, 0.2) is 48.1 Å². The van der Waals surface area contributed by atoms with Gasteiger partial charge in [-0.15, -0.1) is 11.3 Å². The number of urea groups is 1. The van der Waals surface area contributed by atoms with Crippen molar-refractivity contribution in [2.24, 2.45) is 0 Å². The van der Waals surface area contributed by atoms with Gasteiger partial charge in [0.2, 0.25) is 0 Å². The predicted molar refractivity (Wildman–Crippen MR) is 133 cm³/mol. The lowest BCUT2D eigenvalue weighted by Crippen LogP contribution is -2.52. The number of H-pyrrole nitrogens is 1. The van der Waals surface area contributed by atoms with Crippen molar-refractivity contribution in [2.75, 3.05) is 25.0 Å². The molecule has 170 valence electrons. The van der Waals surface area contributed by atoms with E-state index < -0.39 is 5.54 Å². The number of nitrogens with zero attached hydrogens (tertiary/aromatic N) is 3. The minimum absolute atomic E-state index is 0.107. The highest BCUT2D eigenvalue weighted by Crippen LogP contribution is 2.31. The number of hydrogen-bond acceptors (Lipinski definition) is 6. The molecule has 0 atom stereocenters. The minimum atomic E-state index is -0.641. The smallest absolute Gasteiger partial charge is 0.318 e. The molecule has 3 aromatic heterocycles. The van der Waals surface area contributed by atoms with Crippen molar-refractivity contribution in [3.05, 3.63) is 53.8 Å². The number of carbonyl (C=O) groups excluding carboxylic acids is 1.